The Labute approximate surface area is 137 Å². The Kier molecular flexibility index (Phi) is 3.28. The van der Waals surface area contributed by atoms with Gasteiger partial charge in [0.05, 0.1) is 21.5 Å². The zero-order chi connectivity index (χ0) is 16.2. The Morgan fingerprint density at radius 1 is 1.48 bits per heavy atom. The molecule has 1 N–H and O–H groups in total. The number of aliphatic hydroxyl groups excluding tert-OH is 1. The molecular weight excluding hydrogens is 315 g/mol. The van der Waals surface area contributed by atoms with Crippen LogP contribution < -0.4 is 0 Å². The highest BCUT2D eigenvalue weighted by molar-refractivity contribution is 7.15. The van der Waals surface area contributed by atoms with Crippen LogP contribution in [0.25, 0.3) is 10.4 Å². The van der Waals surface area contributed by atoms with E-state index >= 15 is 0 Å². The molecule has 1 aromatic heterocycles. The summed E-state index contributed by atoms with van der Waals surface area (Å²) in [6, 6.07) is 6.44. The van der Waals surface area contributed by atoms with Gasteiger partial charge >= 0.3 is 0 Å². The summed E-state index contributed by atoms with van der Waals surface area (Å²) in [5.74, 6) is -0.547. The van der Waals surface area contributed by atoms with Gasteiger partial charge in [0.2, 0.25) is 0 Å². The lowest BCUT2D eigenvalue weighted by atomic mass is 10.1. The minimum absolute atomic E-state index is 0.193. The van der Waals surface area contributed by atoms with Crippen LogP contribution in [0, 0.1) is 12.7 Å². The molecule has 1 saturated carbocycles. The summed E-state index contributed by atoms with van der Waals surface area (Å²) in [4.78, 5) is 19.7. The van der Waals surface area contributed by atoms with Crippen LogP contribution in [-0.4, -0.2) is 39.1 Å². The number of carbonyl (C=O) groups is 1. The van der Waals surface area contributed by atoms with Crippen LogP contribution in [0.3, 0.4) is 0 Å². The van der Waals surface area contributed by atoms with E-state index in [9.17, 15) is 14.3 Å². The molecule has 1 saturated heterocycles. The molecule has 1 aliphatic carbocycles. The highest BCUT2D eigenvalue weighted by Gasteiger charge is 2.61. The maximum atomic E-state index is 14.1. The molecule has 1 spiro atoms. The molecule has 0 radical (unpaired) electrons. The quantitative estimate of drug-likeness (QED) is 0.920. The Morgan fingerprint density at radius 2 is 2.22 bits per heavy atom. The van der Waals surface area contributed by atoms with Gasteiger partial charge in [-0.15, -0.1) is 11.3 Å². The van der Waals surface area contributed by atoms with Crippen molar-refractivity contribution in [1.29, 1.82) is 0 Å². The van der Waals surface area contributed by atoms with E-state index in [4.69, 9.17) is 0 Å². The number of hydrogen-bond acceptors (Lipinski definition) is 4. The molecule has 4 nitrogen and oxygen atoms in total. The van der Waals surface area contributed by atoms with Gasteiger partial charge in [-0.2, -0.15) is 0 Å². The molecule has 2 aromatic rings. The lowest BCUT2D eigenvalue weighted by Crippen LogP contribution is -2.40. The Hall–Kier alpha value is -1.79. The van der Waals surface area contributed by atoms with Crippen molar-refractivity contribution in [3.8, 4) is 10.4 Å². The number of nitrogens with zero attached hydrogens (tertiary/aromatic N) is 2. The third kappa shape index (κ3) is 2.20. The van der Waals surface area contributed by atoms with E-state index in [1.165, 1.54) is 17.4 Å². The molecule has 2 aliphatic rings. The maximum absolute atomic E-state index is 14.1. The predicted octanol–water partition coefficient (Wildman–Crippen LogP) is 3.00. The summed E-state index contributed by atoms with van der Waals surface area (Å²) >= 11 is 1.33. The van der Waals surface area contributed by atoms with Crippen LogP contribution in [0.2, 0.25) is 0 Å². The Balaban J connectivity index is 1.76. The van der Waals surface area contributed by atoms with E-state index in [0.717, 1.165) is 17.8 Å². The van der Waals surface area contributed by atoms with Crippen LogP contribution in [0.5, 0.6) is 0 Å². The van der Waals surface area contributed by atoms with Gasteiger partial charge in [0.1, 0.15) is 11.5 Å². The lowest BCUT2D eigenvalue weighted by molar-refractivity contribution is 0.0658. The third-order valence-corrected chi connectivity index (χ3v) is 5.84. The molecule has 1 aromatic carbocycles. The first-order chi connectivity index (χ1) is 11.0. The number of thiazole rings is 1. The number of aromatic nitrogens is 1. The summed E-state index contributed by atoms with van der Waals surface area (Å²) in [5, 5.41) is 10.7. The number of aryl methyl sites for hydroxylation is 1. The zero-order valence-corrected chi connectivity index (χ0v) is 13.6. The van der Waals surface area contributed by atoms with Crippen LogP contribution in [0.15, 0.2) is 24.3 Å². The number of amides is 1. The Morgan fingerprint density at radius 3 is 2.91 bits per heavy atom. The van der Waals surface area contributed by atoms with Crippen LogP contribution >= 0.6 is 11.3 Å². The SMILES string of the molecule is Cc1nc(C(=O)N2CCC[C@@]23CC3O)c(-c2ccccc2F)s1. The van der Waals surface area contributed by atoms with Crippen LogP contribution in [-0.2, 0) is 0 Å². The highest BCUT2D eigenvalue weighted by atomic mass is 32.1. The van der Waals surface area contributed by atoms with E-state index < -0.39 is 11.6 Å². The monoisotopic (exact) mass is 332 g/mol. The third-order valence-electron chi connectivity index (χ3n) is 4.84. The number of halogens is 1. The van der Waals surface area contributed by atoms with Crippen molar-refractivity contribution in [1.82, 2.24) is 9.88 Å². The van der Waals surface area contributed by atoms with Gasteiger partial charge in [0, 0.05) is 18.5 Å². The van der Waals surface area contributed by atoms with Crippen molar-refractivity contribution in [3.63, 3.8) is 0 Å². The number of carbonyl (C=O) groups excluding carboxylic acids is 1. The molecule has 1 amide bonds. The smallest absolute Gasteiger partial charge is 0.274 e. The summed E-state index contributed by atoms with van der Waals surface area (Å²) in [5.41, 5.74) is 0.310. The number of hydrogen-bond donors (Lipinski definition) is 1. The zero-order valence-electron chi connectivity index (χ0n) is 12.8. The molecular formula is C17H17FN2O2S. The summed E-state index contributed by atoms with van der Waals surface area (Å²) in [7, 11) is 0. The first kappa shape index (κ1) is 14.8. The fourth-order valence-corrected chi connectivity index (χ4v) is 4.50. The first-order valence-corrected chi connectivity index (χ1v) is 8.57. The fourth-order valence-electron chi connectivity index (χ4n) is 3.57. The van der Waals surface area contributed by atoms with Gasteiger partial charge in [-0.3, -0.25) is 4.79 Å². The summed E-state index contributed by atoms with van der Waals surface area (Å²) < 4.78 is 14.1. The largest absolute Gasteiger partial charge is 0.391 e. The van der Waals surface area contributed by atoms with Crippen molar-refractivity contribution in [2.45, 2.75) is 37.8 Å². The van der Waals surface area contributed by atoms with E-state index in [1.54, 1.807) is 23.1 Å². The molecule has 6 heteroatoms. The average molecular weight is 332 g/mol. The van der Waals surface area contributed by atoms with Gasteiger partial charge in [0.25, 0.3) is 5.91 Å². The molecule has 0 bridgehead atoms. The number of rotatable bonds is 2. The van der Waals surface area contributed by atoms with Crippen LogP contribution in [0.4, 0.5) is 4.39 Å². The van der Waals surface area contributed by atoms with Crippen molar-refractivity contribution >= 4 is 17.2 Å². The maximum Gasteiger partial charge on any atom is 0.274 e. The Bertz CT molecular complexity index is 791. The summed E-state index contributed by atoms with van der Waals surface area (Å²) in [6.45, 7) is 2.45. The number of likely N-dealkylation sites (tertiary alicyclic amines) is 1. The molecule has 120 valence electrons. The van der Waals surface area contributed by atoms with Crippen LogP contribution in [0.1, 0.15) is 34.8 Å². The normalized spacial score (nSPS) is 26.0. The van der Waals surface area contributed by atoms with Gasteiger partial charge in [-0.05, 0) is 25.8 Å². The molecule has 2 fully saturated rings. The molecule has 4 rings (SSSR count). The van der Waals surface area contributed by atoms with Gasteiger partial charge in [0.15, 0.2) is 0 Å². The number of aliphatic hydroxyl groups is 1. The second-order valence-corrected chi connectivity index (χ2v) is 7.48. The standard InChI is InChI=1S/C17H17FN2O2S/c1-10-19-14(15(23-10)11-5-2-3-6-12(11)18)16(22)20-8-4-7-17(20)9-13(17)21/h2-3,5-6,13,21H,4,7-9H2,1H3/t13?,17-/m0/s1. The average Bonchev–Trinajstić information content (AvgIpc) is 2.89. The molecule has 23 heavy (non-hydrogen) atoms. The van der Waals surface area contributed by atoms with Crippen molar-refractivity contribution < 1.29 is 14.3 Å². The second kappa shape index (κ2) is 5.11. The van der Waals surface area contributed by atoms with E-state index in [2.05, 4.69) is 4.98 Å². The summed E-state index contributed by atoms with van der Waals surface area (Å²) in [6.07, 6.45) is 1.92. The number of benzene rings is 1. The van der Waals surface area contributed by atoms with E-state index in [1.807, 2.05) is 6.92 Å². The minimum Gasteiger partial charge on any atom is -0.391 e. The second-order valence-electron chi connectivity index (χ2n) is 6.27. The fraction of sp³-hybridized carbons (Fsp3) is 0.412. The van der Waals surface area contributed by atoms with Crippen molar-refractivity contribution in [2.24, 2.45) is 0 Å². The van der Waals surface area contributed by atoms with Gasteiger partial charge in [-0.25, -0.2) is 9.37 Å². The minimum atomic E-state index is -0.439. The molecule has 1 aliphatic heterocycles. The van der Waals surface area contributed by atoms with Crippen molar-refractivity contribution in [2.75, 3.05) is 6.54 Å². The first-order valence-electron chi connectivity index (χ1n) is 7.75. The van der Waals surface area contributed by atoms with Crippen molar-refractivity contribution in [3.05, 3.63) is 40.8 Å². The molecule has 2 heterocycles. The van der Waals surface area contributed by atoms with E-state index in [-0.39, 0.29) is 11.7 Å². The predicted molar refractivity (Wildman–Crippen MR) is 85.9 cm³/mol. The highest BCUT2D eigenvalue weighted by Crippen LogP contribution is 2.50. The molecule has 1 unspecified atom stereocenters. The van der Waals surface area contributed by atoms with Gasteiger partial charge in [-0.1, -0.05) is 18.2 Å². The topological polar surface area (TPSA) is 53.4 Å². The van der Waals surface area contributed by atoms with E-state index in [0.29, 0.717) is 29.1 Å². The van der Waals surface area contributed by atoms with Gasteiger partial charge < -0.3 is 10.0 Å². The molecule has 2 atom stereocenters. The lowest BCUT2D eigenvalue weighted by Gasteiger charge is -2.24.